The smallest absolute Gasteiger partial charge is 0.254 e. The molecule has 4 aromatic carbocycles. The molecule has 0 aromatic heterocycles. The summed E-state index contributed by atoms with van der Waals surface area (Å²) in [6, 6.07) is 34.5. The number of hydrogen-bond donors (Lipinski definition) is 0. The first-order chi connectivity index (χ1) is 16.6. The molecule has 0 heterocycles. The van der Waals surface area contributed by atoms with Gasteiger partial charge in [0.2, 0.25) is 0 Å². The quantitative estimate of drug-likeness (QED) is 0.245. The topological polar surface area (TPSA) is 29.5 Å². The van der Waals surface area contributed by atoms with E-state index >= 15 is 0 Å². The van der Waals surface area contributed by atoms with Crippen molar-refractivity contribution in [1.29, 1.82) is 0 Å². The number of thioether (sulfide) groups is 1. The zero-order valence-corrected chi connectivity index (χ0v) is 20.4. The van der Waals surface area contributed by atoms with Crippen molar-refractivity contribution < 1.29 is 9.53 Å². The third kappa shape index (κ3) is 6.30. The van der Waals surface area contributed by atoms with Crippen LogP contribution in [0.1, 0.15) is 32.6 Å². The van der Waals surface area contributed by atoms with E-state index in [0.29, 0.717) is 18.7 Å². The molecule has 4 rings (SSSR count). The van der Waals surface area contributed by atoms with Gasteiger partial charge in [-0.1, -0.05) is 78.4 Å². The van der Waals surface area contributed by atoms with E-state index in [0.717, 1.165) is 28.2 Å². The summed E-state index contributed by atoms with van der Waals surface area (Å²) < 4.78 is 5.60. The summed E-state index contributed by atoms with van der Waals surface area (Å²) in [5.41, 5.74) is 5.14. The van der Waals surface area contributed by atoms with E-state index in [1.54, 1.807) is 18.9 Å². The summed E-state index contributed by atoms with van der Waals surface area (Å²) in [4.78, 5) is 16.8. The first-order valence-electron chi connectivity index (χ1n) is 11.4. The van der Waals surface area contributed by atoms with Gasteiger partial charge in [0.15, 0.2) is 0 Å². The van der Waals surface area contributed by atoms with Gasteiger partial charge in [0.1, 0.15) is 5.75 Å². The Morgan fingerprint density at radius 2 is 1.38 bits per heavy atom. The van der Waals surface area contributed by atoms with Crippen molar-refractivity contribution in [2.24, 2.45) is 0 Å². The van der Waals surface area contributed by atoms with Crippen LogP contribution in [0, 0.1) is 6.92 Å². The molecule has 0 spiro atoms. The normalized spacial score (nSPS) is 10.6. The van der Waals surface area contributed by atoms with Crippen LogP contribution in [0.3, 0.4) is 0 Å². The molecule has 0 atom stereocenters. The molecule has 3 nitrogen and oxygen atoms in total. The van der Waals surface area contributed by atoms with Crippen molar-refractivity contribution in [3.05, 3.63) is 131 Å². The molecule has 1 amide bonds. The average Bonchev–Trinajstić information content (AvgIpc) is 2.88. The molecular weight excluding hydrogens is 438 g/mol. The van der Waals surface area contributed by atoms with Crippen LogP contribution in [0.5, 0.6) is 5.75 Å². The Hall–Kier alpha value is -3.50. The lowest BCUT2D eigenvalue weighted by Crippen LogP contribution is -2.30. The van der Waals surface area contributed by atoms with Crippen molar-refractivity contribution in [2.75, 3.05) is 7.11 Å². The van der Waals surface area contributed by atoms with Gasteiger partial charge in [-0.3, -0.25) is 4.79 Å². The average molecular weight is 468 g/mol. The summed E-state index contributed by atoms with van der Waals surface area (Å²) in [6.07, 6.45) is 0. The lowest BCUT2D eigenvalue weighted by atomic mass is 10.1. The fraction of sp³-hybridized carbons (Fsp3) is 0.167. The first-order valence-corrected chi connectivity index (χ1v) is 12.3. The molecule has 0 bridgehead atoms. The number of ether oxygens (including phenoxy) is 1. The number of methoxy groups -OCH3 is 1. The number of rotatable bonds is 9. The first kappa shape index (κ1) is 23.7. The number of carbonyl (C=O) groups excluding carboxylic acids is 1. The van der Waals surface area contributed by atoms with Crippen LogP contribution in [-0.4, -0.2) is 17.9 Å². The maximum atomic E-state index is 13.7. The van der Waals surface area contributed by atoms with Gasteiger partial charge in [-0.2, -0.15) is 0 Å². The van der Waals surface area contributed by atoms with Gasteiger partial charge >= 0.3 is 0 Å². The van der Waals surface area contributed by atoms with Gasteiger partial charge in [-0.15, -0.1) is 11.8 Å². The van der Waals surface area contributed by atoms with E-state index in [2.05, 4.69) is 55.5 Å². The molecule has 4 aromatic rings. The number of nitrogens with zero attached hydrogens (tertiary/aromatic N) is 1. The molecule has 0 saturated carbocycles. The van der Waals surface area contributed by atoms with Gasteiger partial charge in [-0.25, -0.2) is 0 Å². The van der Waals surface area contributed by atoms with Crippen LogP contribution in [0.4, 0.5) is 0 Å². The number of benzene rings is 4. The van der Waals surface area contributed by atoms with Gasteiger partial charge < -0.3 is 9.64 Å². The number of amides is 1. The molecular formula is C30H29NO2S. The molecule has 0 aliphatic carbocycles. The van der Waals surface area contributed by atoms with Gasteiger partial charge in [0.05, 0.1) is 7.11 Å². The third-order valence-corrected chi connectivity index (χ3v) is 6.72. The highest BCUT2D eigenvalue weighted by Crippen LogP contribution is 2.29. The standard InChI is InChI=1S/C30H29NO2S/c1-23-13-16-28(17-14-23)34-22-27-19-26(15-18-29(27)33-2)30(32)31(20-24-9-5-3-6-10-24)21-25-11-7-4-8-12-25/h3-19H,20-22H2,1-2H3. The largest absolute Gasteiger partial charge is 0.496 e. The minimum Gasteiger partial charge on any atom is -0.496 e. The van der Waals surface area contributed by atoms with Crippen LogP contribution in [0.15, 0.2) is 108 Å². The number of hydrogen-bond acceptors (Lipinski definition) is 3. The second-order valence-corrected chi connectivity index (χ2v) is 9.31. The van der Waals surface area contributed by atoms with Crippen molar-refractivity contribution >= 4 is 17.7 Å². The highest BCUT2D eigenvalue weighted by Gasteiger charge is 2.18. The lowest BCUT2D eigenvalue weighted by molar-refractivity contribution is 0.0730. The Balaban J connectivity index is 1.58. The second kappa shape index (κ2) is 11.6. The number of aryl methyl sites for hydroxylation is 1. The zero-order valence-electron chi connectivity index (χ0n) is 19.6. The second-order valence-electron chi connectivity index (χ2n) is 8.26. The summed E-state index contributed by atoms with van der Waals surface area (Å²) in [5, 5.41) is 0. The maximum absolute atomic E-state index is 13.7. The summed E-state index contributed by atoms with van der Waals surface area (Å²) in [7, 11) is 1.67. The van der Waals surface area contributed by atoms with Crippen molar-refractivity contribution in [2.45, 2.75) is 30.7 Å². The van der Waals surface area contributed by atoms with Gasteiger partial charge in [-0.05, 0) is 48.4 Å². The summed E-state index contributed by atoms with van der Waals surface area (Å²) in [5.74, 6) is 1.54. The highest BCUT2D eigenvalue weighted by atomic mass is 32.2. The van der Waals surface area contributed by atoms with Crippen LogP contribution in [0.25, 0.3) is 0 Å². The van der Waals surface area contributed by atoms with E-state index in [1.807, 2.05) is 59.5 Å². The predicted molar refractivity (Wildman–Crippen MR) is 140 cm³/mol. The Morgan fingerprint density at radius 1 is 0.794 bits per heavy atom. The van der Waals surface area contributed by atoms with E-state index in [1.165, 1.54) is 10.5 Å². The molecule has 0 N–H and O–H groups in total. The van der Waals surface area contributed by atoms with Crippen LogP contribution >= 0.6 is 11.8 Å². The zero-order chi connectivity index (χ0) is 23.8. The predicted octanol–water partition coefficient (Wildman–Crippen LogP) is 7.14. The van der Waals surface area contributed by atoms with E-state index in [4.69, 9.17) is 4.74 Å². The molecule has 0 unspecified atom stereocenters. The Labute approximate surface area is 206 Å². The molecule has 0 radical (unpaired) electrons. The molecule has 34 heavy (non-hydrogen) atoms. The Kier molecular flexibility index (Phi) is 8.05. The van der Waals surface area contributed by atoms with Crippen molar-refractivity contribution in [3.63, 3.8) is 0 Å². The van der Waals surface area contributed by atoms with E-state index < -0.39 is 0 Å². The monoisotopic (exact) mass is 467 g/mol. The van der Waals surface area contributed by atoms with Gasteiger partial charge in [0, 0.05) is 34.9 Å². The third-order valence-electron chi connectivity index (χ3n) is 5.66. The van der Waals surface area contributed by atoms with Gasteiger partial charge in [0.25, 0.3) is 5.91 Å². The van der Waals surface area contributed by atoms with Crippen molar-refractivity contribution in [3.8, 4) is 5.75 Å². The molecule has 0 aliphatic heterocycles. The fourth-order valence-electron chi connectivity index (χ4n) is 3.81. The lowest BCUT2D eigenvalue weighted by Gasteiger charge is -2.24. The van der Waals surface area contributed by atoms with Crippen LogP contribution in [0.2, 0.25) is 0 Å². The Bertz CT molecular complexity index is 1170. The summed E-state index contributed by atoms with van der Waals surface area (Å²) in [6.45, 7) is 3.19. The fourth-order valence-corrected chi connectivity index (χ4v) is 4.69. The SMILES string of the molecule is COc1ccc(C(=O)N(Cc2ccccc2)Cc2ccccc2)cc1CSc1ccc(C)cc1. The highest BCUT2D eigenvalue weighted by molar-refractivity contribution is 7.98. The van der Waals surface area contributed by atoms with Crippen LogP contribution in [-0.2, 0) is 18.8 Å². The maximum Gasteiger partial charge on any atom is 0.254 e. The van der Waals surface area contributed by atoms with E-state index in [9.17, 15) is 4.79 Å². The minimum atomic E-state index is 0.0111. The van der Waals surface area contributed by atoms with Crippen molar-refractivity contribution in [1.82, 2.24) is 4.90 Å². The summed E-state index contributed by atoms with van der Waals surface area (Å²) >= 11 is 1.74. The molecule has 0 saturated heterocycles. The molecule has 4 heteroatoms. The molecule has 0 fully saturated rings. The van der Waals surface area contributed by atoms with Crippen LogP contribution < -0.4 is 4.74 Å². The Morgan fingerprint density at radius 3 is 1.94 bits per heavy atom. The molecule has 0 aliphatic rings. The molecule has 172 valence electrons. The minimum absolute atomic E-state index is 0.0111. The van der Waals surface area contributed by atoms with E-state index in [-0.39, 0.29) is 5.91 Å². The number of carbonyl (C=O) groups is 1.